The Balaban J connectivity index is 1.46. The number of rotatable bonds is 4. The molecule has 2 atom stereocenters. The molecule has 26 heavy (non-hydrogen) atoms. The van der Waals surface area contributed by atoms with E-state index in [1.54, 1.807) is 18.3 Å². The predicted molar refractivity (Wildman–Crippen MR) is 98.7 cm³/mol. The molecule has 0 aromatic heterocycles. The van der Waals surface area contributed by atoms with Crippen LogP contribution in [0.2, 0.25) is 0 Å². The Hall–Kier alpha value is -2.24. The standard InChI is InChI=1S/C20H25N3O3/c1-18-7-15-8-19(2,11-18)13-20(9-15,12-18)17(24)22-21-10-14-3-5-16(6-4-14)23(25)26/h3-6,10,15H,7-9,11-13H2,1-2H3,(H,22,24). The molecule has 1 amide bonds. The Morgan fingerprint density at radius 3 is 2.31 bits per heavy atom. The minimum Gasteiger partial charge on any atom is -0.273 e. The molecule has 2 unspecified atom stereocenters. The summed E-state index contributed by atoms with van der Waals surface area (Å²) in [5.41, 5.74) is 3.81. The average molecular weight is 355 g/mol. The lowest BCUT2D eigenvalue weighted by Crippen LogP contribution is -2.59. The Labute approximate surface area is 153 Å². The quantitative estimate of drug-likeness (QED) is 0.502. The van der Waals surface area contributed by atoms with Crippen LogP contribution in [0.4, 0.5) is 5.69 Å². The number of amides is 1. The van der Waals surface area contributed by atoms with Crippen molar-refractivity contribution in [2.45, 2.75) is 52.4 Å². The van der Waals surface area contributed by atoms with Crippen molar-refractivity contribution in [2.24, 2.45) is 27.3 Å². The summed E-state index contributed by atoms with van der Waals surface area (Å²) in [6, 6.07) is 6.12. The van der Waals surface area contributed by atoms with Crippen molar-refractivity contribution in [1.82, 2.24) is 5.43 Å². The fourth-order valence-corrected chi connectivity index (χ4v) is 6.67. The highest BCUT2D eigenvalue weighted by atomic mass is 16.6. The van der Waals surface area contributed by atoms with Gasteiger partial charge in [-0.1, -0.05) is 13.8 Å². The molecule has 0 aliphatic heterocycles. The zero-order chi connectivity index (χ0) is 18.6. The summed E-state index contributed by atoms with van der Waals surface area (Å²) in [4.78, 5) is 23.3. The Morgan fingerprint density at radius 2 is 1.77 bits per heavy atom. The normalized spacial score (nSPS) is 37.8. The highest BCUT2D eigenvalue weighted by molar-refractivity contribution is 5.86. The van der Waals surface area contributed by atoms with Gasteiger partial charge in [0.2, 0.25) is 5.91 Å². The van der Waals surface area contributed by atoms with E-state index in [0.717, 1.165) is 24.8 Å². The maximum Gasteiger partial charge on any atom is 0.269 e. The summed E-state index contributed by atoms with van der Waals surface area (Å²) in [5.74, 6) is 0.697. The van der Waals surface area contributed by atoms with Crippen LogP contribution in [0, 0.1) is 32.3 Å². The molecule has 0 heterocycles. The van der Waals surface area contributed by atoms with Gasteiger partial charge in [-0.2, -0.15) is 5.10 Å². The molecule has 1 aromatic carbocycles. The molecule has 4 aliphatic rings. The van der Waals surface area contributed by atoms with Crippen molar-refractivity contribution in [3.05, 3.63) is 39.9 Å². The van der Waals surface area contributed by atoms with E-state index >= 15 is 0 Å². The molecule has 0 saturated heterocycles. The second-order valence-corrected chi connectivity index (χ2v) is 9.46. The smallest absolute Gasteiger partial charge is 0.269 e. The van der Waals surface area contributed by atoms with Gasteiger partial charge in [0.05, 0.1) is 16.6 Å². The lowest BCUT2D eigenvalue weighted by molar-refractivity contribution is -0.384. The molecule has 6 heteroatoms. The van der Waals surface area contributed by atoms with E-state index in [1.807, 2.05) is 0 Å². The van der Waals surface area contributed by atoms with Crippen LogP contribution in [0.3, 0.4) is 0 Å². The van der Waals surface area contributed by atoms with Crippen LogP contribution < -0.4 is 5.43 Å². The SMILES string of the molecule is CC12CC3CC(C)(C1)CC(C(=O)NN=Cc1ccc([N+](=O)[O-])cc1)(C3)C2. The number of benzene rings is 1. The van der Waals surface area contributed by atoms with E-state index < -0.39 is 4.92 Å². The molecular formula is C20H25N3O3. The first-order chi connectivity index (χ1) is 12.2. The number of nitro groups is 1. The molecule has 4 aliphatic carbocycles. The molecule has 4 saturated carbocycles. The third-order valence-corrected chi connectivity index (χ3v) is 6.59. The van der Waals surface area contributed by atoms with Gasteiger partial charge in [-0.05, 0) is 73.0 Å². The molecule has 5 rings (SSSR count). The second-order valence-electron chi connectivity index (χ2n) is 9.46. The van der Waals surface area contributed by atoms with Crippen molar-refractivity contribution in [3.8, 4) is 0 Å². The van der Waals surface area contributed by atoms with Gasteiger partial charge in [0.1, 0.15) is 0 Å². The fourth-order valence-electron chi connectivity index (χ4n) is 6.67. The van der Waals surface area contributed by atoms with Crippen LogP contribution in [0.15, 0.2) is 29.4 Å². The third kappa shape index (κ3) is 2.91. The van der Waals surface area contributed by atoms with Crippen molar-refractivity contribution in [3.63, 3.8) is 0 Å². The molecule has 4 fully saturated rings. The number of nitrogens with one attached hydrogen (secondary N) is 1. The Morgan fingerprint density at radius 1 is 1.15 bits per heavy atom. The zero-order valence-electron chi connectivity index (χ0n) is 15.3. The molecule has 6 nitrogen and oxygen atoms in total. The first kappa shape index (κ1) is 17.2. The first-order valence-electron chi connectivity index (χ1n) is 9.29. The van der Waals surface area contributed by atoms with Gasteiger partial charge in [0.25, 0.3) is 5.69 Å². The predicted octanol–water partition coefficient (Wildman–Crippen LogP) is 4.04. The van der Waals surface area contributed by atoms with Gasteiger partial charge in [0, 0.05) is 12.1 Å². The third-order valence-electron chi connectivity index (χ3n) is 6.59. The fraction of sp³-hybridized carbons (Fsp3) is 0.600. The number of nitrogens with zero attached hydrogens (tertiary/aromatic N) is 2. The van der Waals surface area contributed by atoms with E-state index in [-0.39, 0.29) is 27.8 Å². The zero-order valence-corrected chi connectivity index (χ0v) is 15.3. The number of carbonyl (C=O) groups excluding carboxylic acids is 1. The molecular weight excluding hydrogens is 330 g/mol. The van der Waals surface area contributed by atoms with Crippen molar-refractivity contribution >= 4 is 17.8 Å². The summed E-state index contributed by atoms with van der Waals surface area (Å²) < 4.78 is 0. The lowest BCUT2D eigenvalue weighted by atomic mass is 9.40. The van der Waals surface area contributed by atoms with E-state index in [4.69, 9.17) is 0 Å². The molecule has 1 aromatic rings. The average Bonchev–Trinajstić information content (AvgIpc) is 2.51. The maximum absolute atomic E-state index is 13.0. The van der Waals surface area contributed by atoms with Crippen LogP contribution in [-0.2, 0) is 4.79 Å². The molecule has 0 spiro atoms. The Kier molecular flexibility index (Phi) is 3.72. The van der Waals surface area contributed by atoms with Gasteiger partial charge >= 0.3 is 0 Å². The summed E-state index contributed by atoms with van der Waals surface area (Å²) >= 11 is 0. The van der Waals surface area contributed by atoms with Crippen LogP contribution in [-0.4, -0.2) is 17.0 Å². The molecule has 0 radical (unpaired) electrons. The number of carbonyl (C=O) groups is 1. The monoisotopic (exact) mass is 355 g/mol. The van der Waals surface area contributed by atoms with E-state index in [0.29, 0.717) is 5.92 Å². The lowest BCUT2D eigenvalue weighted by Gasteiger charge is -2.64. The number of nitro benzene ring substituents is 1. The van der Waals surface area contributed by atoms with Crippen molar-refractivity contribution in [1.29, 1.82) is 0 Å². The number of non-ortho nitro benzene ring substituents is 1. The van der Waals surface area contributed by atoms with E-state index in [1.165, 1.54) is 31.4 Å². The summed E-state index contributed by atoms with van der Waals surface area (Å²) in [5, 5.41) is 14.8. The van der Waals surface area contributed by atoms with Gasteiger partial charge in [-0.15, -0.1) is 0 Å². The summed E-state index contributed by atoms with van der Waals surface area (Å²) in [7, 11) is 0. The first-order valence-corrected chi connectivity index (χ1v) is 9.29. The van der Waals surface area contributed by atoms with Gasteiger partial charge in [-0.3, -0.25) is 14.9 Å². The van der Waals surface area contributed by atoms with Crippen molar-refractivity contribution in [2.75, 3.05) is 0 Å². The summed E-state index contributed by atoms with van der Waals surface area (Å²) in [6.07, 6.45) is 8.20. The molecule has 1 N–H and O–H groups in total. The minimum absolute atomic E-state index is 0.0391. The molecule has 138 valence electrons. The highest BCUT2D eigenvalue weighted by Gasteiger charge is 2.62. The van der Waals surface area contributed by atoms with Crippen molar-refractivity contribution < 1.29 is 9.72 Å². The number of hydrazone groups is 1. The van der Waals surface area contributed by atoms with Crippen LogP contribution in [0.5, 0.6) is 0 Å². The molecule has 4 bridgehead atoms. The van der Waals surface area contributed by atoms with Crippen LogP contribution >= 0.6 is 0 Å². The highest BCUT2D eigenvalue weighted by Crippen LogP contribution is 2.69. The van der Waals surface area contributed by atoms with Gasteiger partial charge < -0.3 is 0 Å². The maximum atomic E-state index is 13.0. The van der Waals surface area contributed by atoms with E-state index in [9.17, 15) is 14.9 Å². The van der Waals surface area contributed by atoms with Crippen LogP contribution in [0.25, 0.3) is 0 Å². The Bertz CT molecular complexity index is 768. The van der Waals surface area contributed by atoms with Gasteiger partial charge in [0.15, 0.2) is 0 Å². The topological polar surface area (TPSA) is 84.6 Å². The number of hydrogen-bond acceptors (Lipinski definition) is 4. The second kappa shape index (κ2) is 5.63. The van der Waals surface area contributed by atoms with Crippen LogP contribution in [0.1, 0.15) is 57.9 Å². The largest absolute Gasteiger partial charge is 0.273 e. The number of hydrogen-bond donors (Lipinski definition) is 1. The van der Waals surface area contributed by atoms with E-state index in [2.05, 4.69) is 24.4 Å². The minimum atomic E-state index is -0.434. The summed E-state index contributed by atoms with van der Waals surface area (Å²) in [6.45, 7) is 4.69. The van der Waals surface area contributed by atoms with Gasteiger partial charge in [-0.25, -0.2) is 5.43 Å².